The number of nitrogens with zero attached hydrogens (tertiary/aromatic N) is 4. The number of rotatable bonds is 4. The predicted molar refractivity (Wildman–Crippen MR) is 219 cm³/mol. The minimum absolute atomic E-state index is 0.183. The molecule has 3 heterocycles. The summed E-state index contributed by atoms with van der Waals surface area (Å²) in [6.45, 7) is 4.75. The zero-order chi connectivity index (χ0) is 35.3. The van der Waals surface area contributed by atoms with E-state index in [0.29, 0.717) is 5.95 Å². The van der Waals surface area contributed by atoms with Gasteiger partial charge in [-0.1, -0.05) is 141 Å². The van der Waals surface area contributed by atoms with Gasteiger partial charge in [-0.25, -0.2) is 9.97 Å². The lowest BCUT2D eigenvalue weighted by Gasteiger charge is -2.21. The molecule has 1 aliphatic rings. The van der Waals surface area contributed by atoms with Crippen LogP contribution < -0.4 is 0 Å². The summed E-state index contributed by atoms with van der Waals surface area (Å²) in [7, 11) is 0. The fraction of sp³-hybridized carbons (Fsp3) is 0.0612. The molecule has 0 saturated heterocycles. The van der Waals surface area contributed by atoms with Gasteiger partial charge in [0.15, 0.2) is 0 Å². The van der Waals surface area contributed by atoms with E-state index in [1.165, 1.54) is 55.2 Å². The first kappa shape index (κ1) is 29.9. The summed E-state index contributed by atoms with van der Waals surface area (Å²) in [5, 5.41) is 4.66. The molecule has 0 amide bonds. The molecule has 4 nitrogen and oxygen atoms in total. The molecule has 0 unspecified atom stereocenters. The largest absolute Gasteiger partial charge is 0.309 e. The smallest absolute Gasteiger partial charge is 0.235 e. The normalized spacial score (nSPS) is 13.2. The molecular formula is C49H34N4. The van der Waals surface area contributed by atoms with Crippen LogP contribution in [0.2, 0.25) is 0 Å². The van der Waals surface area contributed by atoms with E-state index in [2.05, 4.69) is 193 Å². The number of hydrogen-bond donors (Lipinski definition) is 0. The molecule has 0 fully saturated rings. The van der Waals surface area contributed by atoms with Crippen molar-refractivity contribution in [2.45, 2.75) is 19.3 Å². The van der Waals surface area contributed by atoms with Gasteiger partial charge in [-0.05, 0) is 64.7 Å². The van der Waals surface area contributed by atoms with E-state index in [1.807, 2.05) is 0 Å². The van der Waals surface area contributed by atoms with Crippen molar-refractivity contribution in [3.8, 4) is 45.3 Å². The van der Waals surface area contributed by atoms with Crippen LogP contribution in [-0.4, -0.2) is 19.1 Å². The maximum atomic E-state index is 5.40. The maximum Gasteiger partial charge on any atom is 0.235 e. The van der Waals surface area contributed by atoms with Gasteiger partial charge in [0.2, 0.25) is 5.95 Å². The Morgan fingerprint density at radius 2 is 1.09 bits per heavy atom. The molecule has 3 aromatic heterocycles. The van der Waals surface area contributed by atoms with Crippen LogP contribution in [-0.2, 0) is 5.41 Å². The van der Waals surface area contributed by atoms with Gasteiger partial charge in [0.25, 0.3) is 0 Å². The van der Waals surface area contributed by atoms with Crippen molar-refractivity contribution in [1.29, 1.82) is 0 Å². The molecule has 1 aliphatic carbocycles. The first-order chi connectivity index (χ1) is 26.1. The van der Waals surface area contributed by atoms with E-state index in [9.17, 15) is 0 Å². The summed E-state index contributed by atoms with van der Waals surface area (Å²) < 4.78 is 4.76. The van der Waals surface area contributed by atoms with Crippen LogP contribution in [0.25, 0.3) is 88.9 Å². The molecular weight excluding hydrogens is 645 g/mol. The van der Waals surface area contributed by atoms with Crippen LogP contribution in [0.15, 0.2) is 170 Å². The first-order valence-electron chi connectivity index (χ1n) is 18.3. The van der Waals surface area contributed by atoms with E-state index < -0.39 is 0 Å². The van der Waals surface area contributed by atoms with Crippen LogP contribution in [0, 0.1) is 0 Å². The van der Waals surface area contributed by atoms with Gasteiger partial charge in [-0.2, -0.15) is 0 Å². The molecule has 53 heavy (non-hydrogen) atoms. The van der Waals surface area contributed by atoms with Crippen LogP contribution >= 0.6 is 0 Å². The molecule has 0 aliphatic heterocycles. The summed E-state index contributed by atoms with van der Waals surface area (Å²) in [6.07, 6.45) is 0. The van der Waals surface area contributed by atoms with Crippen LogP contribution in [0.3, 0.4) is 0 Å². The molecule has 0 spiro atoms. The van der Waals surface area contributed by atoms with E-state index in [4.69, 9.17) is 9.97 Å². The number of benzene rings is 7. The van der Waals surface area contributed by atoms with E-state index in [1.54, 1.807) is 0 Å². The molecule has 7 aromatic carbocycles. The Morgan fingerprint density at radius 3 is 1.89 bits per heavy atom. The molecule has 0 saturated carbocycles. The fourth-order valence-corrected chi connectivity index (χ4v) is 8.91. The Labute approximate surface area is 307 Å². The monoisotopic (exact) mass is 678 g/mol. The molecule has 4 heteroatoms. The quantitative estimate of drug-likeness (QED) is 0.186. The summed E-state index contributed by atoms with van der Waals surface area (Å²) in [4.78, 5) is 10.7. The molecule has 10 aromatic rings. The van der Waals surface area contributed by atoms with Crippen molar-refractivity contribution in [3.05, 3.63) is 181 Å². The first-order valence-corrected chi connectivity index (χ1v) is 18.3. The van der Waals surface area contributed by atoms with Crippen LogP contribution in [0.1, 0.15) is 25.0 Å². The highest BCUT2D eigenvalue weighted by Crippen LogP contribution is 2.54. The van der Waals surface area contributed by atoms with Crippen LogP contribution in [0.5, 0.6) is 0 Å². The second kappa shape index (κ2) is 11.1. The average molecular weight is 679 g/mol. The molecule has 11 rings (SSSR count). The van der Waals surface area contributed by atoms with E-state index >= 15 is 0 Å². The highest BCUT2D eigenvalue weighted by atomic mass is 15.2. The summed E-state index contributed by atoms with van der Waals surface area (Å²) in [5.41, 5.74) is 14.9. The fourth-order valence-electron chi connectivity index (χ4n) is 8.91. The summed E-state index contributed by atoms with van der Waals surface area (Å²) >= 11 is 0. The van der Waals surface area contributed by atoms with E-state index in [-0.39, 0.29) is 5.41 Å². The minimum atomic E-state index is -0.183. The maximum absolute atomic E-state index is 5.40. The van der Waals surface area contributed by atoms with Crippen LogP contribution in [0.4, 0.5) is 0 Å². The van der Waals surface area contributed by atoms with E-state index in [0.717, 1.165) is 38.9 Å². The zero-order valence-corrected chi connectivity index (χ0v) is 29.5. The van der Waals surface area contributed by atoms with Gasteiger partial charge < -0.3 is 4.57 Å². The number of aromatic nitrogens is 4. The van der Waals surface area contributed by atoms with Crippen molar-refractivity contribution in [3.63, 3.8) is 0 Å². The molecule has 0 radical (unpaired) electrons. The third-order valence-corrected chi connectivity index (χ3v) is 11.3. The van der Waals surface area contributed by atoms with Gasteiger partial charge >= 0.3 is 0 Å². The van der Waals surface area contributed by atoms with Crippen molar-refractivity contribution in [2.24, 2.45) is 0 Å². The number of hydrogen-bond acceptors (Lipinski definition) is 2. The van der Waals surface area contributed by atoms with Gasteiger partial charge in [0, 0.05) is 43.8 Å². The number of para-hydroxylation sites is 2. The van der Waals surface area contributed by atoms with Crippen molar-refractivity contribution >= 4 is 43.6 Å². The summed E-state index contributed by atoms with van der Waals surface area (Å²) in [5.74, 6) is 0.658. The summed E-state index contributed by atoms with van der Waals surface area (Å²) in [6, 6.07) is 60.9. The van der Waals surface area contributed by atoms with Gasteiger partial charge in [-0.3, -0.25) is 4.57 Å². The Hall–Kier alpha value is -6.78. The molecule has 250 valence electrons. The van der Waals surface area contributed by atoms with Gasteiger partial charge in [0.05, 0.1) is 33.5 Å². The molecule has 0 atom stereocenters. The lowest BCUT2D eigenvalue weighted by Crippen LogP contribution is -2.14. The Bertz CT molecular complexity index is 3060. The highest BCUT2D eigenvalue weighted by molar-refractivity contribution is 6.16. The average Bonchev–Trinajstić information content (AvgIpc) is 3.80. The van der Waals surface area contributed by atoms with Crippen molar-refractivity contribution in [1.82, 2.24) is 19.1 Å². The van der Waals surface area contributed by atoms with Gasteiger partial charge in [0.1, 0.15) is 0 Å². The molecule has 0 bridgehead atoms. The Morgan fingerprint density at radius 1 is 0.453 bits per heavy atom. The van der Waals surface area contributed by atoms with Crippen molar-refractivity contribution < 1.29 is 0 Å². The standard InChI is InChI=1S/C49H34N4/c1-49(2)40-24-14-12-22-35(40)47-45(49)39-29-38-37-28-33(31-16-6-3-7-17-31)26-27-42(37)53(43(38)30-44(39)52(47)34-20-10-5-11-21-34)48-50-41-25-15-13-23-36(41)46(51-48)32-18-8-4-9-19-32/h3-30H,1-2H3. The minimum Gasteiger partial charge on any atom is -0.309 e. The lowest BCUT2D eigenvalue weighted by molar-refractivity contribution is 0.666. The third kappa shape index (κ3) is 4.30. The Balaban J connectivity index is 1.30. The second-order valence-corrected chi connectivity index (χ2v) is 14.6. The lowest BCUT2D eigenvalue weighted by atomic mass is 9.81. The predicted octanol–water partition coefficient (Wildman–Crippen LogP) is 12.3. The topological polar surface area (TPSA) is 35.6 Å². The zero-order valence-electron chi connectivity index (χ0n) is 29.5. The number of fused-ring (bicyclic) bond motifs is 9. The second-order valence-electron chi connectivity index (χ2n) is 14.6. The van der Waals surface area contributed by atoms with Crippen molar-refractivity contribution in [2.75, 3.05) is 0 Å². The SMILES string of the molecule is CC1(C)c2ccccc2-c2c1c1cc3c4cc(-c5ccccc5)ccc4n(-c4nc(-c5ccccc5)c5ccccc5n4)c3cc1n2-c1ccccc1. The van der Waals surface area contributed by atoms with Gasteiger partial charge in [-0.15, -0.1) is 0 Å². The highest BCUT2D eigenvalue weighted by Gasteiger charge is 2.40. The molecule has 0 N–H and O–H groups in total. The third-order valence-electron chi connectivity index (χ3n) is 11.3. The Kier molecular flexibility index (Phi) is 6.27.